The molecule has 2 amide bonds. The number of rotatable bonds is 9. The number of halogens is 3. The van der Waals surface area contributed by atoms with Gasteiger partial charge in [0, 0.05) is 41.7 Å². The smallest absolute Gasteiger partial charge is 0.247 e. The van der Waals surface area contributed by atoms with Crippen molar-refractivity contribution < 1.29 is 27.5 Å². The van der Waals surface area contributed by atoms with Crippen LogP contribution in [-0.2, 0) is 16.1 Å². The zero-order valence-electron chi connectivity index (χ0n) is 23.9. The zero-order chi connectivity index (χ0) is 31.2. The Morgan fingerprint density at radius 2 is 1.61 bits per heavy atom. The van der Waals surface area contributed by atoms with Crippen molar-refractivity contribution in [2.75, 3.05) is 19.0 Å². The van der Waals surface area contributed by atoms with Crippen LogP contribution in [0.4, 0.5) is 24.5 Å². The van der Waals surface area contributed by atoms with Crippen LogP contribution >= 0.6 is 0 Å². The summed E-state index contributed by atoms with van der Waals surface area (Å²) in [5.74, 6) is -3.11. The molecule has 224 valence electrons. The van der Waals surface area contributed by atoms with Crippen LogP contribution in [0.25, 0.3) is 16.6 Å². The molecule has 0 spiro atoms. The van der Waals surface area contributed by atoms with Crippen LogP contribution in [0.5, 0.6) is 11.5 Å². The molecule has 0 atom stereocenters. The first-order valence-electron chi connectivity index (χ1n) is 13.8. The summed E-state index contributed by atoms with van der Waals surface area (Å²) < 4.78 is 52.0. The second-order valence-corrected chi connectivity index (χ2v) is 11.1. The molecule has 0 radical (unpaired) electrons. The van der Waals surface area contributed by atoms with Crippen LogP contribution < -0.4 is 15.4 Å². The lowest BCUT2D eigenvalue weighted by molar-refractivity contribution is -0.133. The maximum atomic E-state index is 15.7. The minimum absolute atomic E-state index is 0.0991. The number of hydrogen-bond donors (Lipinski definition) is 1. The number of carbonyl (C=O) groups excluding carboxylic acids is 2. The highest BCUT2D eigenvalue weighted by atomic mass is 19.1. The van der Waals surface area contributed by atoms with Gasteiger partial charge in [-0.3, -0.25) is 14.5 Å². The molecule has 2 N–H and O–H groups in total. The van der Waals surface area contributed by atoms with Crippen LogP contribution in [-0.4, -0.2) is 40.4 Å². The molecular formula is C33H28F3N5O3. The fourth-order valence-corrected chi connectivity index (χ4v) is 5.27. The molecule has 5 aromatic rings. The number of primary amides is 1. The van der Waals surface area contributed by atoms with Crippen LogP contribution in [0.3, 0.4) is 0 Å². The van der Waals surface area contributed by atoms with Crippen molar-refractivity contribution in [1.82, 2.24) is 14.5 Å². The van der Waals surface area contributed by atoms with Crippen molar-refractivity contribution in [2.45, 2.75) is 19.4 Å². The number of hydrogen-bond acceptors (Lipinski definition) is 5. The lowest BCUT2D eigenvalue weighted by atomic mass is 10.0. The van der Waals surface area contributed by atoms with Gasteiger partial charge in [-0.2, -0.15) is 5.10 Å². The van der Waals surface area contributed by atoms with E-state index in [-0.39, 0.29) is 35.7 Å². The average Bonchev–Trinajstić information content (AvgIpc) is 3.70. The number of fused-ring (bicyclic) bond motifs is 1. The van der Waals surface area contributed by atoms with E-state index in [4.69, 9.17) is 10.5 Å². The average molecular weight is 600 g/mol. The molecule has 1 aliphatic rings. The predicted molar refractivity (Wildman–Crippen MR) is 159 cm³/mol. The second kappa shape index (κ2) is 11.2. The molecule has 1 fully saturated rings. The Kier molecular flexibility index (Phi) is 7.34. The van der Waals surface area contributed by atoms with Gasteiger partial charge in [-0.15, -0.1) is 0 Å². The SMILES string of the molecule is CN(C)Cc1ccc(F)c(-c2ccn3nccc(Oc4ccc(N(C(=O)C5(C(N)=O)CC5)c5ccc(F)cc5)cc4F)c23)c1. The molecule has 1 aliphatic carbocycles. The summed E-state index contributed by atoms with van der Waals surface area (Å²) in [6, 6.07) is 17.1. The topological polar surface area (TPSA) is 93.2 Å². The minimum atomic E-state index is -1.41. The summed E-state index contributed by atoms with van der Waals surface area (Å²) in [5.41, 5.74) is 6.67. The van der Waals surface area contributed by atoms with Crippen molar-refractivity contribution in [3.63, 3.8) is 0 Å². The first-order chi connectivity index (χ1) is 21.1. The van der Waals surface area contributed by atoms with Gasteiger partial charge in [-0.25, -0.2) is 17.7 Å². The number of anilines is 2. The highest BCUT2D eigenvalue weighted by Gasteiger charge is 2.57. The standard InChI is InChI=1S/C33H28F3N5O3/c1-39(2)19-20-3-9-26(35)25(17-20)24-12-16-40-30(24)29(11-15-38-40)44-28-10-8-23(18-27(28)36)41(22-6-4-21(34)5-7-22)32(43)33(13-14-33)31(37)42/h3-12,15-18H,13-14,19H2,1-2H3,(H2,37,42). The molecule has 1 saturated carbocycles. The summed E-state index contributed by atoms with van der Waals surface area (Å²) in [5, 5.41) is 4.30. The van der Waals surface area contributed by atoms with Gasteiger partial charge in [-0.05, 0) is 87.1 Å². The van der Waals surface area contributed by atoms with E-state index in [0.29, 0.717) is 23.2 Å². The van der Waals surface area contributed by atoms with Crippen molar-refractivity contribution in [1.29, 1.82) is 0 Å². The summed E-state index contributed by atoms with van der Waals surface area (Å²) >= 11 is 0. The highest BCUT2D eigenvalue weighted by Crippen LogP contribution is 2.49. The number of nitrogens with zero attached hydrogens (tertiary/aromatic N) is 4. The fraction of sp³-hybridized carbons (Fsp3) is 0.182. The number of nitrogens with two attached hydrogens (primary N) is 1. The molecule has 2 heterocycles. The third kappa shape index (κ3) is 5.26. The quantitative estimate of drug-likeness (QED) is 0.204. The van der Waals surface area contributed by atoms with Gasteiger partial charge in [-0.1, -0.05) is 6.07 Å². The van der Waals surface area contributed by atoms with E-state index < -0.39 is 34.7 Å². The van der Waals surface area contributed by atoms with E-state index in [1.165, 1.54) is 41.0 Å². The molecule has 2 aromatic heterocycles. The van der Waals surface area contributed by atoms with Gasteiger partial charge >= 0.3 is 0 Å². The third-order valence-corrected chi connectivity index (χ3v) is 7.65. The third-order valence-electron chi connectivity index (χ3n) is 7.65. The van der Waals surface area contributed by atoms with Crippen molar-refractivity contribution in [3.8, 4) is 22.6 Å². The Hall–Kier alpha value is -5.16. The van der Waals surface area contributed by atoms with Gasteiger partial charge in [0.15, 0.2) is 17.3 Å². The minimum Gasteiger partial charge on any atom is -0.452 e. The number of amides is 2. The van der Waals surface area contributed by atoms with Crippen molar-refractivity contribution >= 4 is 28.7 Å². The van der Waals surface area contributed by atoms with E-state index in [1.54, 1.807) is 30.5 Å². The molecule has 11 heteroatoms. The summed E-state index contributed by atoms with van der Waals surface area (Å²) in [7, 11) is 3.84. The highest BCUT2D eigenvalue weighted by molar-refractivity contribution is 6.16. The van der Waals surface area contributed by atoms with Gasteiger partial charge in [0.2, 0.25) is 11.8 Å². The molecule has 0 unspecified atom stereocenters. The van der Waals surface area contributed by atoms with E-state index in [2.05, 4.69) is 5.10 Å². The number of benzene rings is 3. The largest absolute Gasteiger partial charge is 0.452 e. The molecule has 0 bridgehead atoms. The van der Waals surface area contributed by atoms with E-state index in [1.807, 2.05) is 19.0 Å². The second-order valence-electron chi connectivity index (χ2n) is 11.1. The van der Waals surface area contributed by atoms with Gasteiger partial charge in [0.1, 0.15) is 22.6 Å². The molecule has 44 heavy (non-hydrogen) atoms. The molecule has 6 rings (SSSR count). The Morgan fingerprint density at radius 1 is 0.886 bits per heavy atom. The van der Waals surface area contributed by atoms with Crippen LogP contribution in [0.1, 0.15) is 18.4 Å². The summed E-state index contributed by atoms with van der Waals surface area (Å²) in [6.45, 7) is 0.607. The van der Waals surface area contributed by atoms with E-state index in [9.17, 15) is 14.0 Å². The van der Waals surface area contributed by atoms with Crippen LogP contribution in [0.2, 0.25) is 0 Å². The lowest BCUT2D eigenvalue weighted by Gasteiger charge is -2.26. The number of aromatic nitrogens is 2. The molecule has 0 aliphatic heterocycles. The summed E-state index contributed by atoms with van der Waals surface area (Å²) in [6.07, 6.45) is 3.66. The van der Waals surface area contributed by atoms with Gasteiger partial charge < -0.3 is 15.4 Å². The van der Waals surface area contributed by atoms with E-state index in [0.717, 1.165) is 28.7 Å². The van der Waals surface area contributed by atoms with E-state index >= 15 is 8.78 Å². The van der Waals surface area contributed by atoms with Gasteiger partial charge in [0.05, 0.1) is 11.9 Å². The van der Waals surface area contributed by atoms with Crippen LogP contribution in [0, 0.1) is 22.9 Å². The number of carbonyl (C=O) groups is 2. The Morgan fingerprint density at radius 3 is 2.27 bits per heavy atom. The van der Waals surface area contributed by atoms with Crippen LogP contribution in [0.15, 0.2) is 85.2 Å². The molecular weight excluding hydrogens is 571 g/mol. The first-order valence-corrected chi connectivity index (χ1v) is 13.8. The lowest BCUT2D eigenvalue weighted by Crippen LogP contribution is -2.41. The fourth-order valence-electron chi connectivity index (χ4n) is 5.27. The predicted octanol–water partition coefficient (Wildman–Crippen LogP) is 6.20. The Balaban J connectivity index is 1.37. The molecule has 8 nitrogen and oxygen atoms in total. The maximum absolute atomic E-state index is 15.7. The summed E-state index contributed by atoms with van der Waals surface area (Å²) in [4.78, 5) is 28.9. The number of ether oxygens (including phenoxy) is 1. The molecule has 0 saturated heterocycles. The zero-order valence-corrected chi connectivity index (χ0v) is 23.9. The maximum Gasteiger partial charge on any atom is 0.247 e. The Bertz CT molecular complexity index is 1900. The van der Waals surface area contributed by atoms with Gasteiger partial charge in [0.25, 0.3) is 0 Å². The Labute approximate surface area is 251 Å². The van der Waals surface area contributed by atoms with Crippen molar-refractivity contribution in [2.24, 2.45) is 11.1 Å². The molecule has 3 aromatic carbocycles. The first kappa shape index (κ1) is 28.9. The monoisotopic (exact) mass is 599 g/mol. The normalized spacial score (nSPS) is 13.7. The van der Waals surface area contributed by atoms with Crippen molar-refractivity contribution in [3.05, 3.63) is 108 Å².